The van der Waals surface area contributed by atoms with Crippen LogP contribution in [0.1, 0.15) is 69.2 Å². The number of hydrogen-bond donors (Lipinski definition) is 4. The van der Waals surface area contributed by atoms with E-state index in [2.05, 4.69) is 251 Å². The first-order valence-electron chi connectivity index (χ1n) is 29.4. The minimum absolute atomic E-state index is 0.384. The highest BCUT2D eigenvalue weighted by Crippen LogP contribution is 2.31. The summed E-state index contributed by atoms with van der Waals surface area (Å²) in [5.41, 5.74) is 0. The minimum Gasteiger partial charge on any atom is -0.387 e. The molecule has 4 atom stereocenters. The Morgan fingerprint density at radius 2 is 0.733 bits per heavy atom. The predicted molar refractivity (Wildman–Crippen MR) is 372 cm³/mol. The Labute approximate surface area is 481 Å². The Kier molecular flexibility index (Phi) is 38.4. The van der Waals surface area contributed by atoms with E-state index in [1.54, 1.807) is 14.2 Å². The summed E-state index contributed by atoms with van der Waals surface area (Å²) in [5, 5.41) is 14.1. The van der Waals surface area contributed by atoms with Crippen LogP contribution in [0.25, 0.3) is 0 Å². The lowest BCUT2D eigenvalue weighted by molar-refractivity contribution is 0.217. The fourth-order valence-corrected chi connectivity index (χ4v) is 18.8. The molecule has 4 N–H and O–H groups in total. The molecule has 0 amide bonds. The molecule has 0 aromatic heterocycles. The van der Waals surface area contributed by atoms with Crippen molar-refractivity contribution >= 4 is 146 Å². The van der Waals surface area contributed by atoms with E-state index in [9.17, 15) is 0 Å². The lowest BCUT2D eigenvalue weighted by Gasteiger charge is -2.56. The third kappa shape index (κ3) is 19.6. The number of nitrogens with zero attached hydrogens (tertiary/aromatic N) is 11. The summed E-state index contributed by atoms with van der Waals surface area (Å²) in [4.78, 5) is 0. The van der Waals surface area contributed by atoms with Crippen molar-refractivity contribution in [1.29, 1.82) is 0 Å². The van der Waals surface area contributed by atoms with E-state index in [0.29, 0.717) is 104 Å². The Bertz CT molecular complexity index is 1440. The molecule has 0 aromatic carbocycles. The molecule has 0 bridgehead atoms. The van der Waals surface area contributed by atoms with Gasteiger partial charge in [0, 0.05) is 14.2 Å². The SMILES string of the molecule is CCB1N(C)B(CC)N(CC)B(PC)N1CC.CCB1N(CC)B(C)N(CC)B(CC)N1[Si](C)(OC)OC.CCB1NB(PC)NB(CC)N1C.CPB1N(C)B(C)N(C)B(C)N1C.CPB1NB(C)N(C)B(C)N1. The van der Waals surface area contributed by atoms with Gasteiger partial charge < -0.3 is 81.0 Å². The molecule has 37 heteroatoms. The molecular formula is C38H112B15N15O2P4Si. The lowest BCUT2D eigenvalue weighted by Crippen LogP contribution is -2.82. The summed E-state index contributed by atoms with van der Waals surface area (Å²) in [6.45, 7) is 57.5. The van der Waals surface area contributed by atoms with Gasteiger partial charge in [-0.15, -0.1) is 33.8 Å². The van der Waals surface area contributed by atoms with Crippen LogP contribution in [0, 0.1) is 0 Å². The van der Waals surface area contributed by atoms with Crippen molar-refractivity contribution in [2.45, 2.75) is 148 Å². The van der Waals surface area contributed by atoms with Gasteiger partial charge in [0.2, 0.25) is 0 Å². The molecule has 0 radical (unpaired) electrons. The zero-order chi connectivity index (χ0) is 57.7. The zero-order valence-electron chi connectivity index (χ0n) is 54.0. The molecule has 0 aliphatic carbocycles. The molecule has 5 heterocycles. The molecule has 420 valence electrons. The summed E-state index contributed by atoms with van der Waals surface area (Å²) in [5.74, 6) is 0. The van der Waals surface area contributed by atoms with Gasteiger partial charge in [-0.25, -0.2) is 0 Å². The van der Waals surface area contributed by atoms with E-state index in [0.717, 1.165) is 72.7 Å². The number of nitrogens with one attached hydrogen (secondary N) is 4. The molecule has 5 saturated heterocycles. The highest BCUT2D eigenvalue weighted by atomic mass is 31.1. The van der Waals surface area contributed by atoms with Crippen molar-refractivity contribution in [3.8, 4) is 0 Å². The molecule has 0 spiro atoms. The molecule has 0 aromatic rings. The maximum atomic E-state index is 5.90. The van der Waals surface area contributed by atoms with Gasteiger partial charge in [-0.1, -0.05) is 130 Å². The van der Waals surface area contributed by atoms with Crippen molar-refractivity contribution in [3.05, 3.63) is 0 Å². The highest BCUT2D eigenvalue weighted by Gasteiger charge is 2.56. The largest absolute Gasteiger partial charge is 0.403 e. The number of rotatable bonds is 17. The average Bonchev–Trinajstić information content (AvgIpc) is 3.42. The molecule has 0 saturated carbocycles. The van der Waals surface area contributed by atoms with Crippen LogP contribution in [-0.4, -0.2) is 273 Å². The second-order valence-corrected chi connectivity index (χ2v) is 28.7. The molecule has 75 heavy (non-hydrogen) atoms. The van der Waals surface area contributed by atoms with Crippen LogP contribution >= 0.6 is 33.8 Å². The smallest absolute Gasteiger partial charge is 0.387 e. The zero-order valence-corrected chi connectivity index (χ0v) is 59.0. The minimum atomic E-state index is -2.36. The van der Waals surface area contributed by atoms with E-state index in [1.807, 2.05) is 0 Å². The van der Waals surface area contributed by atoms with Gasteiger partial charge in [0.1, 0.15) is 0 Å². The van der Waals surface area contributed by atoms with Crippen molar-refractivity contribution in [2.75, 3.05) is 109 Å². The van der Waals surface area contributed by atoms with Gasteiger partial charge in [-0.3, -0.25) is 0 Å². The Morgan fingerprint density at radius 3 is 1.01 bits per heavy atom. The monoisotopic (exact) mass is 1130 g/mol. The first-order valence-corrected chi connectivity index (χ1v) is 38.0. The molecule has 4 unspecified atom stereocenters. The first kappa shape index (κ1) is 75.2. The number of hydrogen-bond acceptors (Lipinski definition) is 17. The molecule has 5 aliphatic heterocycles. The standard InChI is InChI=1S/C12H32B3N3O2Si.C10H27B3N3P.2C6H19B3N3P.C4H15B3N3P/c1-9-14-16(11-3)13(5)17(12-4)15(10-2)18(14)21(8,19-6)20-7;1-7-11-14(5)12(8-2)16(10-4)13(17-6)15(11)9-3;1-7-10(3)8(2)12(5)9(13-6)11(7)4;1-5-7-10-9(13-4)11-8(6-2)12(7)3;1-5-8-7(11-4)9-6(2)10(5)3/h9-12H2,1-8H3;17H,7-10H2,1-6H3;13H,1-6H3;10-11,13H,5-6H2,1-4H3;8-9,11H,1-4H3. The second kappa shape index (κ2) is 38.2. The van der Waals surface area contributed by atoms with Crippen molar-refractivity contribution in [1.82, 2.24) is 72.2 Å². The van der Waals surface area contributed by atoms with Crippen LogP contribution < -0.4 is 20.6 Å². The normalized spacial score (nSPS) is 21.4. The Balaban J connectivity index is 0.000000477. The maximum absolute atomic E-state index is 5.90. The molecule has 5 rings (SSSR count). The first-order chi connectivity index (χ1) is 35.5. The van der Waals surface area contributed by atoms with Crippen LogP contribution in [0.2, 0.25) is 78.6 Å². The van der Waals surface area contributed by atoms with E-state index in [4.69, 9.17) is 8.85 Å². The third-order valence-corrected chi connectivity index (χ3v) is 25.0. The second-order valence-electron chi connectivity index (χ2n) is 21.1. The average molecular weight is 1130 g/mol. The summed E-state index contributed by atoms with van der Waals surface area (Å²) in [7, 11) is 18.2. The molecule has 5 fully saturated rings. The topological polar surface area (TPSA) is 102 Å². The predicted octanol–water partition coefficient (Wildman–Crippen LogP) is 4.21. The summed E-state index contributed by atoms with van der Waals surface area (Å²) >= 11 is 0. The van der Waals surface area contributed by atoms with E-state index in [1.165, 1.54) is 25.3 Å². The van der Waals surface area contributed by atoms with Gasteiger partial charge in [0.15, 0.2) is 0 Å². The van der Waals surface area contributed by atoms with Gasteiger partial charge in [0.05, 0.1) is 0 Å². The third-order valence-electron chi connectivity index (χ3n) is 17.6. The molecule has 17 nitrogen and oxygen atoms in total. The van der Waals surface area contributed by atoms with Crippen LogP contribution in [-0.2, 0) is 8.85 Å². The van der Waals surface area contributed by atoms with Gasteiger partial charge in [-0.2, -0.15) is 0 Å². The summed E-state index contributed by atoms with van der Waals surface area (Å²) < 4.78 is 39.4. The van der Waals surface area contributed by atoms with Gasteiger partial charge in [-0.05, 0) is 113 Å². The van der Waals surface area contributed by atoms with Crippen molar-refractivity contribution in [3.63, 3.8) is 0 Å². The van der Waals surface area contributed by atoms with Gasteiger partial charge in [0.25, 0.3) is 76.8 Å². The van der Waals surface area contributed by atoms with E-state index < -0.39 is 8.72 Å². The van der Waals surface area contributed by atoms with Crippen molar-refractivity contribution in [2.24, 2.45) is 0 Å². The van der Waals surface area contributed by atoms with E-state index >= 15 is 0 Å². The lowest BCUT2D eigenvalue weighted by atomic mass is 9.44. The van der Waals surface area contributed by atoms with Crippen LogP contribution in [0.15, 0.2) is 0 Å². The fourth-order valence-electron chi connectivity index (χ4n) is 12.3. The van der Waals surface area contributed by atoms with Crippen LogP contribution in [0.3, 0.4) is 0 Å². The van der Waals surface area contributed by atoms with E-state index in [-0.39, 0.29) is 0 Å². The molecule has 5 aliphatic rings. The maximum Gasteiger partial charge on any atom is 0.403 e. The van der Waals surface area contributed by atoms with Crippen LogP contribution in [0.4, 0.5) is 0 Å². The summed E-state index contributed by atoms with van der Waals surface area (Å²) in [6, 6.07) is 0. The summed E-state index contributed by atoms with van der Waals surface area (Å²) in [6.07, 6.45) is 6.97. The Morgan fingerprint density at radius 1 is 0.387 bits per heavy atom. The Hall–Kier alpha value is 2.23. The fraction of sp³-hybridized carbons (Fsp3) is 1.00. The van der Waals surface area contributed by atoms with Gasteiger partial charge >= 0.3 is 35.5 Å². The molecular weight excluding hydrogens is 1010 g/mol. The highest BCUT2D eigenvalue weighted by molar-refractivity contribution is 7.76. The van der Waals surface area contributed by atoms with Crippen LogP contribution in [0.5, 0.6) is 0 Å². The quantitative estimate of drug-likeness (QED) is 0.124. The van der Waals surface area contributed by atoms with Crippen molar-refractivity contribution < 1.29 is 8.85 Å².